The molecule has 0 bridgehead atoms. The van der Waals surface area contributed by atoms with Crippen LogP contribution >= 0.6 is 0 Å². The fraction of sp³-hybridized carbons (Fsp3) is 0. The first-order valence-corrected chi connectivity index (χ1v) is 2.72. The van der Waals surface area contributed by atoms with E-state index in [2.05, 4.69) is 4.33 Å². The zero-order valence-corrected chi connectivity index (χ0v) is 4.25. The molecule has 8 heavy (non-hydrogen) atoms. The molecule has 0 heterocycles. The molecule has 0 aromatic carbocycles. The molecule has 0 saturated carbocycles. The maximum absolute atomic E-state index is 9.63. The van der Waals surface area contributed by atoms with Crippen molar-refractivity contribution >= 4 is 15.4 Å². The molecule has 2 N–H and O–H groups in total. The molecule has 0 aliphatic rings. The van der Waals surface area contributed by atoms with Gasteiger partial charge in [0, 0.05) is 0 Å². The van der Waals surface area contributed by atoms with Crippen molar-refractivity contribution in [2.45, 2.75) is 0 Å². The second-order valence-electron chi connectivity index (χ2n) is 0.795. The SMILES string of the molecule is O=C(O)S(=O)(=O)OO. The third-order valence-corrected chi connectivity index (χ3v) is 0.936. The second-order valence-corrected chi connectivity index (χ2v) is 2.20. The summed E-state index contributed by atoms with van der Waals surface area (Å²) in [7, 11) is -4.76. The lowest BCUT2D eigenvalue weighted by atomic mass is 11.6. The van der Waals surface area contributed by atoms with Crippen LogP contribution < -0.4 is 0 Å². The van der Waals surface area contributed by atoms with Crippen molar-refractivity contribution < 1.29 is 27.9 Å². The summed E-state index contributed by atoms with van der Waals surface area (Å²) in [5.41, 5.74) is 0. The van der Waals surface area contributed by atoms with Gasteiger partial charge in [-0.25, -0.2) is 10.1 Å². The first kappa shape index (κ1) is 7.34. The van der Waals surface area contributed by atoms with E-state index in [1.54, 1.807) is 0 Å². The van der Waals surface area contributed by atoms with Crippen molar-refractivity contribution in [1.29, 1.82) is 0 Å². The Labute approximate surface area is 44.4 Å². The first-order valence-electron chi connectivity index (χ1n) is 1.31. The smallest absolute Gasteiger partial charge is 0.451 e. The maximum Gasteiger partial charge on any atom is 0.451 e. The van der Waals surface area contributed by atoms with Gasteiger partial charge in [-0.3, -0.25) is 0 Å². The van der Waals surface area contributed by atoms with Crippen molar-refractivity contribution in [2.24, 2.45) is 0 Å². The van der Waals surface area contributed by atoms with Gasteiger partial charge < -0.3 is 5.11 Å². The molecule has 0 aliphatic heterocycles. The van der Waals surface area contributed by atoms with Crippen LogP contribution in [0.1, 0.15) is 0 Å². The molecule has 0 aromatic heterocycles. The standard InChI is InChI=1S/CH2O6S/c2-1(3)8(5,6)7-4/h4H,(H,2,3). The molecule has 48 valence electrons. The van der Waals surface area contributed by atoms with E-state index in [4.69, 9.17) is 10.4 Å². The van der Waals surface area contributed by atoms with Crippen molar-refractivity contribution in [3.05, 3.63) is 0 Å². The van der Waals surface area contributed by atoms with Gasteiger partial charge in [-0.2, -0.15) is 8.42 Å². The summed E-state index contributed by atoms with van der Waals surface area (Å²) < 4.78 is 21.8. The predicted octanol–water partition coefficient (Wildman–Crippen LogP) is -0.516. The molecule has 6 nitrogen and oxygen atoms in total. The minimum Gasteiger partial charge on any atom is -0.468 e. The van der Waals surface area contributed by atoms with Gasteiger partial charge in [-0.1, -0.05) is 0 Å². The average molecular weight is 142 g/mol. The van der Waals surface area contributed by atoms with E-state index in [0.717, 1.165) is 0 Å². The number of carbonyl (C=O) groups is 1. The van der Waals surface area contributed by atoms with E-state index in [-0.39, 0.29) is 0 Å². The molecule has 0 saturated heterocycles. The average Bonchev–Trinajstić information content (AvgIpc) is 1.67. The summed E-state index contributed by atoms with van der Waals surface area (Å²) in [6.45, 7) is 0. The predicted molar refractivity (Wildman–Crippen MR) is 20.7 cm³/mol. The lowest BCUT2D eigenvalue weighted by Gasteiger charge is -1.86. The third-order valence-electron chi connectivity index (χ3n) is 0.312. The highest BCUT2D eigenvalue weighted by atomic mass is 32.2. The Kier molecular flexibility index (Phi) is 1.90. The molecular weight excluding hydrogens is 140 g/mol. The van der Waals surface area contributed by atoms with E-state index in [1.807, 2.05) is 0 Å². The Hall–Kier alpha value is -0.660. The highest BCUT2D eigenvalue weighted by molar-refractivity contribution is 8.01. The highest BCUT2D eigenvalue weighted by Gasteiger charge is 2.20. The summed E-state index contributed by atoms with van der Waals surface area (Å²) in [5.74, 6) is 0. The van der Waals surface area contributed by atoms with E-state index in [0.29, 0.717) is 0 Å². The monoisotopic (exact) mass is 142 g/mol. The first-order chi connectivity index (χ1) is 3.50. The van der Waals surface area contributed by atoms with Crippen LogP contribution in [0, 0.1) is 0 Å². The van der Waals surface area contributed by atoms with Crippen LogP contribution in [0.3, 0.4) is 0 Å². The zero-order valence-electron chi connectivity index (χ0n) is 3.44. The highest BCUT2D eigenvalue weighted by Crippen LogP contribution is 1.88. The summed E-state index contributed by atoms with van der Waals surface area (Å²) in [5, 5.41) is 12.6. The van der Waals surface area contributed by atoms with Crippen molar-refractivity contribution in [2.75, 3.05) is 0 Å². The van der Waals surface area contributed by atoms with Crippen LogP contribution in [0.15, 0.2) is 0 Å². The molecule has 0 unspecified atom stereocenters. The van der Waals surface area contributed by atoms with Crippen LogP contribution in [0.5, 0.6) is 0 Å². The molecule has 0 aliphatic carbocycles. The summed E-state index contributed by atoms with van der Waals surface area (Å²) in [6.07, 6.45) is 0. The largest absolute Gasteiger partial charge is 0.468 e. The van der Waals surface area contributed by atoms with Crippen LogP contribution in [0.2, 0.25) is 0 Å². The number of hydrogen-bond acceptors (Lipinski definition) is 5. The Morgan fingerprint density at radius 2 is 1.88 bits per heavy atom. The van der Waals surface area contributed by atoms with Gasteiger partial charge >= 0.3 is 15.4 Å². The van der Waals surface area contributed by atoms with Gasteiger partial charge in [-0.15, -0.1) is 4.33 Å². The molecule has 7 heteroatoms. The van der Waals surface area contributed by atoms with Gasteiger partial charge in [0.2, 0.25) is 0 Å². The van der Waals surface area contributed by atoms with Crippen LogP contribution in [-0.2, 0) is 14.5 Å². The maximum atomic E-state index is 9.63. The molecular formula is CH2O6S. The Bertz CT molecular complexity index is 175. The fourth-order valence-corrected chi connectivity index (χ4v) is 0.0956. The summed E-state index contributed by atoms with van der Waals surface area (Å²) >= 11 is 0. The topological polar surface area (TPSA) is 101 Å². The normalized spacial score (nSPS) is 11.1. The van der Waals surface area contributed by atoms with E-state index >= 15 is 0 Å². The third kappa shape index (κ3) is 1.45. The second kappa shape index (κ2) is 2.07. The van der Waals surface area contributed by atoms with Gasteiger partial charge in [0.1, 0.15) is 0 Å². The molecule has 0 rings (SSSR count). The van der Waals surface area contributed by atoms with Crippen molar-refractivity contribution in [3.63, 3.8) is 0 Å². The molecule has 0 fully saturated rings. The molecule has 0 atom stereocenters. The minimum absolute atomic E-state index is 2.22. The fourth-order valence-electron chi connectivity index (χ4n) is 0.0319. The van der Waals surface area contributed by atoms with Crippen LogP contribution in [-0.4, -0.2) is 24.1 Å². The number of rotatable bonds is 1. The lowest BCUT2D eigenvalue weighted by molar-refractivity contribution is -0.129. The summed E-state index contributed by atoms with van der Waals surface area (Å²) in [4.78, 5) is 9.38. The molecule has 0 amide bonds. The molecule has 0 radical (unpaired) electrons. The van der Waals surface area contributed by atoms with E-state index in [9.17, 15) is 13.2 Å². The van der Waals surface area contributed by atoms with Crippen molar-refractivity contribution in [1.82, 2.24) is 0 Å². The zero-order chi connectivity index (χ0) is 6.78. The van der Waals surface area contributed by atoms with E-state index < -0.39 is 15.4 Å². The van der Waals surface area contributed by atoms with Gasteiger partial charge in [0.15, 0.2) is 0 Å². The molecule has 0 spiro atoms. The van der Waals surface area contributed by atoms with Crippen LogP contribution in [0.4, 0.5) is 4.79 Å². The number of carboxylic acid groups (broad SMARTS) is 1. The van der Waals surface area contributed by atoms with E-state index in [1.165, 1.54) is 0 Å². The summed E-state index contributed by atoms with van der Waals surface area (Å²) in [6, 6.07) is 0. The Morgan fingerprint density at radius 1 is 1.50 bits per heavy atom. The lowest BCUT2D eigenvalue weighted by Crippen LogP contribution is -2.12. The van der Waals surface area contributed by atoms with Crippen LogP contribution in [0.25, 0.3) is 0 Å². The van der Waals surface area contributed by atoms with Gasteiger partial charge in [-0.05, 0) is 0 Å². The van der Waals surface area contributed by atoms with Gasteiger partial charge in [0.25, 0.3) is 0 Å². The van der Waals surface area contributed by atoms with Gasteiger partial charge in [0.05, 0.1) is 0 Å². The minimum atomic E-state index is -4.76. The quantitative estimate of drug-likeness (QED) is 0.377. The Morgan fingerprint density at radius 3 is 1.88 bits per heavy atom. The van der Waals surface area contributed by atoms with Crippen molar-refractivity contribution in [3.8, 4) is 0 Å². The number of hydrogen-bond donors (Lipinski definition) is 2. The Balaban J connectivity index is 4.42. The molecule has 0 aromatic rings.